The van der Waals surface area contributed by atoms with E-state index < -0.39 is 18.5 Å². The van der Waals surface area contributed by atoms with Gasteiger partial charge in [-0.05, 0) is 19.3 Å². The van der Waals surface area contributed by atoms with Crippen LogP contribution in [0.1, 0.15) is 35.4 Å². The zero-order valence-corrected chi connectivity index (χ0v) is 12.2. The van der Waals surface area contributed by atoms with Crippen LogP contribution in [0.2, 0.25) is 0 Å². The molecule has 0 bridgehead atoms. The number of nitrogens with two attached hydrogens (primary N) is 1. The molecule has 1 aromatic rings. The van der Waals surface area contributed by atoms with E-state index in [-0.39, 0.29) is 23.7 Å². The van der Waals surface area contributed by atoms with E-state index in [9.17, 15) is 18.0 Å². The highest BCUT2D eigenvalue weighted by Crippen LogP contribution is 2.30. The monoisotopic (exact) mass is 322 g/mol. The average Bonchev–Trinajstić information content (AvgIpc) is 3.02. The zero-order chi connectivity index (χ0) is 15.5. The van der Waals surface area contributed by atoms with Gasteiger partial charge in [0.05, 0.1) is 0 Å². The number of carbonyl (C=O) groups excluding carboxylic acids is 1. The maximum atomic E-state index is 12.0. The van der Waals surface area contributed by atoms with Crippen LogP contribution < -0.4 is 16.0 Å². The lowest BCUT2D eigenvalue weighted by atomic mass is 10.3. The van der Waals surface area contributed by atoms with Crippen molar-refractivity contribution in [2.45, 2.75) is 31.9 Å². The summed E-state index contributed by atoms with van der Waals surface area (Å²) in [6.07, 6.45) is -3.09. The van der Waals surface area contributed by atoms with Gasteiger partial charge in [0.15, 0.2) is 5.13 Å². The van der Waals surface area contributed by atoms with E-state index in [0.717, 1.165) is 25.9 Å². The van der Waals surface area contributed by atoms with Crippen LogP contribution in [0.25, 0.3) is 0 Å². The summed E-state index contributed by atoms with van der Waals surface area (Å²) in [4.78, 5) is 18.4. The SMILES string of the molecule is Nc1nc(N2CCCC2)sc1C(=O)NCCCC(F)(F)F. The number of amides is 1. The third-order valence-corrected chi connectivity index (χ3v) is 4.28. The Morgan fingerprint density at radius 1 is 1.38 bits per heavy atom. The van der Waals surface area contributed by atoms with Crippen LogP contribution in [0.5, 0.6) is 0 Å². The van der Waals surface area contributed by atoms with Crippen LogP contribution in [0.15, 0.2) is 0 Å². The topological polar surface area (TPSA) is 71.2 Å². The first-order valence-corrected chi connectivity index (χ1v) is 7.54. The number of hydrogen-bond acceptors (Lipinski definition) is 5. The molecular weight excluding hydrogens is 305 g/mol. The second kappa shape index (κ2) is 6.50. The van der Waals surface area contributed by atoms with Crippen LogP contribution in [-0.4, -0.2) is 36.7 Å². The molecule has 5 nitrogen and oxygen atoms in total. The highest BCUT2D eigenvalue weighted by Gasteiger charge is 2.26. The molecule has 2 heterocycles. The Labute approximate surface area is 124 Å². The number of rotatable bonds is 5. The number of anilines is 2. The van der Waals surface area contributed by atoms with Crippen molar-refractivity contribution in [1.82, 2.24) is 10.3 Å². The van der Waals surface area contributed by atoms with Crippen molar-refractivity contribution < 1.29 is 18.0 Å². The van der Waals surface area contributed by atoms with Gasteiger partial charge in [0.25, 0.3) is 5.91 Å². The average molecular weight is 322 g/mol. The molecule has 0 aliphatic carbocycles. The van der Waals surface area contributed by atoms with Gasteiger partial charge < -0.3 is 16.0 Å². The van der Waals surface area contributed by atoms with E-state index in [1.54, 1.807) is 0 Å². The quantitative estimate of drug-likeness (QED) is 0.817. The summed E-state index contributed by atoms with van der Waals surface area (Å²) in [6.45, 7) is 1.74. The van der Waals surface area contributed by atoms with E-state index in [2.05, 4.69) is 15.2 Å². The van der Waals surface area contributed by atoms with Gasteiger partial charge in [-0.2, -0.15) is 13.2 Å². The minimum atomic E-state index is -4.20. The van der Waals surface area contributed by atoms with Gasteiger partial charge in [0.2, 0.25) is 0 Å². The largest absolute Gasteiger partial charge is 0.389 e. The highest BCUT2D eigenvalue weighted by atomic mass is 32.1. The first kappa shape index (κ1) is 15.9. The van der Waals surface area contributed by atoms with Crippen molar-refractivity contribution in [3.63, 3.8) is 0 Å². The van der Waals surface area contributed by atoms with Crippen molar-refractivity contribution >= 4 is 28.2 Å². The van der Waals surface area contributed by atoms with Crippen molar-refractivity contribution in [3.05, 3.63) is 4.88 Å². The van der Waals surface area contributed by atoms with Crippen LogP contribution in [-0.2, 0) is 0 Å². The van der Waals surface area contributed by atoms with Gasteiger partial charge in [0.1, 0.15) is 10.7 Å². The fourth-order valence-corrected chi connectivity index (χ4v) is 3.05. The number of nitrogens with one attached hydrogen (secondary N) is 1. The second-order valence-corrected chi connectivity index (χ2v) is 5.86. The predicted molar refractivity (Wildman–Crippen MR) is 75.6 cm³/mol. The number of carbonyl (C=O) groups is 1. The number of aromatic nitrogens is 1. The van der Waals surface area contributed by atoms with Gasteiger partial charge in [-0.3, -0.25) is 4.79 Å². The third-order valence-electron chi connectivity index (χ3n) is 3.15. The molecule has 0 aromatic carbocycles. The van der Waals surface area contributed by atoms with Crippen LogP contribution in [0, 0.1) is 0 Å². The number of thiazole rings is 1. The van der Waals surface area contributed by atoms with E-state index >= 15 is 0 Å². The number of halogens is 3. The smallest absolute Gasteiger partial charge is 0.382 e. The van der Waals surface area contributed by atoms with Crippen LogP contribution in [0.3, 0.4) is 0 Å². The molecule has 1 amide bonds. The lowest BCUT2D eigenvalue weighted by molar-refractivity contribution is -0.135. The molecule has 2 rings (SSSR count). The summed E-state index contributed by atoms with van der Waals surface area (Å²) in [6, 6.07) is 0. The molecule has 0 unspecified atom stereocenters. The van der Waals surface area contributed by atoms with E-state index in [4.69, 9.17) is 5.73 Å². The number of hydrogen-bond donors (Lipinski definition) is 2. The lowest BCUT2D eigenvalue weighted by Crippen LogP contribution is -2.25. The Morgan fingerprint density at radius 2 is 2.05 bits per heavy atom. The summed E-state index contributed by atoms with van der Waals surface area (Å²) in [7, 11) is 0. The van der Waals surface area contributed by atoms with Crippen molar-refractivity contribution in [2.75, 3.05) is 30.3 Å². The summed E-state index contributed by atoms with van der Waals surface area (Å²) >= 11 is 1.18. The van der Waals surface area contributed by atoms with Crippen LogP contribution >= 0.6 is 11.3 Å². The molecule has 9 heteroatoms. The summed E-state index contributed by atoms with van der Waals surface area (Å²) in [5.74, 6) is -0.326. The van der Waals surface area contributed by atoms with Gasteiger partial charge in [-0.1, -0.05) is 11.3 Å². The molecule has 0 atom stereocenters. The minimum Gasteiger partial charge on any atom is -0.382 e. The van der Waals surface area contributed by atoms with E-state index in [0.29, 0.717) is 5.13 Å². The van der Waals surface area contributed by atoms with E-state index in [1.807, 2.05) is 0 Å². The Balaban J connectivity index is 1.87. The molecule has 1 saturated heterocycles. The Morgan fingerprint density at radius 3 is 2.67 bits per heavy atom. The first-order valence-electron chi connectivity index (χ1n) is 6.73. The van der Waals surface area contributed by atoms with Gasteiger partial charge >= 0.3 is 6.18 Å². The van der Waals surface area contributed by atoms with Crippen molar-refractivity contribution in [3.8, 4) is 0 Å². The van der Waals surface area contributed by atoms with Crippen LogP contribution in [0.4, 0.5) is 24.1 Å². The molecule has 0 radical (unpaired) electrons. The standard InChI is InChI=1S/C12H17F3N4OS/c13-12(14,15)4-3-5-17-10(20)8-9(16)18-11(21-8)19-6-1-2-7-19/h1-7,16H2,(H,17,20). The molecule has 1 aliphatic rings. The maximum Gasteiger partial charge on any atom is 0.389 e. The highest BCUT2D eigenvalue weighted by molar-refractivity contribution is 7.18. The maximum absolute atomic E-state index is 12.0. The second-order valence-electron chi connectivity index (χ2n) is 4.88. The van der Waals surface area contributed by atoms with E-state index in [1.165, 1.54) is 11.3 Å². The molecule has 1 aromatic heterocycles. The lowest BCUT2D eigenvalue weighted by Gasteiger charge is -2.11. The van der Waals surface area contributed by atoms with Crippen molar-refractivity contribution in [1.29, 1.82) is 0 Å². The first-order chi connectivity index (χ1) is 9.87. The molecule has 1 aliphatic heterocycles. The minimum absolute atomic E-state index is 0.0330. The number of nitrogens with zero attached hydrogens (tertiary/aromatic N) is 2. The number of nitrogen functional groups attached to an aromatic ring is 1. The third kappa shape index (κ3) is 4.48. The molecule has 1 fully saturated rings. The Kier molecular flexibility index (Phi) is 4.92. The number of alkyl halides is 3. The fraction of sp³-hybridized carbons (Fsp3) is 0.667. The van der Waals surface area contributed by atoms with Gasteiger partial charge in [-0.25, -0.2) is 4.98 Å². The predicted octanol–water partition coefficient (Wildman–Crippen LogP) is 2.40. The Bertz CT molecular complexity index is 497. The molecule has 3 N–H and O–H groups in total. The Hall–Kier alpha value is -1.51. The normalized spacial score (nSPS) is 15.5. The van der Waals surface area contributed by atoms with Gasteiger partial charge in [-0.15, -0.1) is 0 Å². The molecule has 118 valence electrons. The summed E-state index contributed by atoms with van der Waals surface area (Å²) in [5.41, 5.74) is 5.72. The molecular formula is C12H17F3N4OS. The molecule has 21 heavy (non-hydrogen) atoms. The van der Waals surface area contributed by atoms with Crippen molar-refractivity contribution in [2.24, 2.45) is 0 Å². The zero-order valence-electron chi connectivity index (χ0n) is 11.4. The summed E-state index contributed by atoms with van der Waals surface area (Å²) < 4.78 is 36.0. The summed E-state index contributed by atoms with van der Waals surface area (Å²) in [5, 5.41) is 3.15. The molecule has 0 saturated carbocycles. The van der Waals surface area contributed by atoms with Gasteiger partial charge in [0, 0.05) is 26.1 Å². The fourth-order valence-electron chi connectivity index (χ4n) is 2.10. The molecule has 0 spiro atoms.